The zero-order valence-corrected chi connectivity index (χ0v) is 6.56. The van der Waals surface area contributed by atoms with Crippen LogP contribution in [0.3, 0.4) is 0 Å². The lowest BCUT2D eigenvalue weighted by molar-refractivity contribution is -0.146. The van der Waals surface area contributed by atoms with E-state index in [2.05, 4.69) is 0 Å². The Hall–Kier alpha value is -1.47. The smallest absolute Gasteiger partial charge is 0.332 e. The third kappa shape index (κ3) is 1.51. The minimum Gasteiger partial charge on any atom is -0.395 e. The summed E-state index contributed by atoms with van der Waals surface area (Å²) in [4.78, 5) is 33.3. The molecule has 0 aromatic rings. The molecule has 13 heavy (non-hydrogen) atoms. The topological polar surface area (TPSA) is 107 Å². The van der Waals surface area contributed by atoms with Gasteiger partial charge in [-0.25, -0.2) is 9.69 Å². The molecule has 1 aliphatic rings. The second-order valence-electron chi connectivity index (χ2n) is 2.44. The fourth-order valence-corrected chi connectivity index (χ4v) is 0.955. The summed E-state index contributed by atoms with van der Waals surface area (Å²) < 4.78 is 0. The van der Waals surface area contributed by atoms with Gasteiger partial charge in [0, 0.05) is 0 Å². The summed E-state index contributed by atoms with van der Waals surface area (Å²) in [6, 6.07) is -0.970. The number of imide groups is 2. The maximum atomic E-state index is 11.1. The first kappa shape index (κ1) is 9.62. The van der Waals surface area contributed by atoms with Crippen LogP contribution in [0.4, 0.5) is 4.79 Å². The van der Waals surface area contributed by atoms with Crippen LogP contribution in [0.1, 0.15) is 0 Å². The number of aliphatic hydroxyl groups excluding tert-OH is 2. The largest absolute Gasteiger partial charge is 0.395 e. The lowest BCUT2D eigenvalue weighted by atomic mass is 10.1. The van der Waals surface area contributed by atoms with Gasteiger partial charge in [-0.1, -0.05) is 0 Å². The maximum absolute atomic E-state index is 11.1. The number of nitrogens with one attached hydrogen (secondary N) is 1. The monoisotopic (exact) mass is 188 g/mol. The Kier molecular flexibility index (Phi) is 2.59. The van der Waals surface area contributed by atoms with Crippen molar-refractivity contribution in [1.29, 1.82) is 0 Å². The van der Waals surface area contributed by atoms with E-state index in [-0.39, 0.29) is 0 Å². The van der Waals surface area contributed by atoms with E-state index in [1.165, 1.54) is 0 Å². The number of carbonyl (C=O) groups excluding carboxylic acids is 3. The van der Waals surface area contributed by atoms with Crippen LogP contribution in [0.2, 0.25) is 0 Å². The Morgan fingerprint density at radius 3 is 2.38 bits per heavy atom. The molecule has 0 aromatic carbocycles. The SMILES string of the molecule is O=C1NC(=O)N(CO)C(=O)C1CO. The number of carbonyl (C=O) groups is 3. The van der Waals surface area contributed by atoms with Gasteiger partial charge in [0.25, 0.3) is 0 Å². The lowest BCUT2D eigenvalue weighted by Crippen LogP contribution is -2.58. The van der Waals surface area contributed by atoms with Crippen LogP contribution in [0, 0.1) is 5.92 Å². The van der Waals surface area contributed by atoms with Crippen LogP contribution in [0.15, 0.2) is 0 Å². The van der Waals surface area contributed by atoms with Gasteiger partial charge in [0.15, 0.2) is 0 Å². The summed E-state index contributed by atoms with van der Waals surface area (Å²) in [5.74, 6) is -3.04. The molecule has 7 nitrogen and oxygen atoms in total. The van der Waals surface area contributed by atoms with Crippen molar-refractivity contribution < 1.29 is 24.6 Å². The molecular formula is C6H8N2O5. The van der Waals surface area contributed by atoms with E-state index in [4.69, 9.17) is 10.2 Å². The molecular weight excluding hydrogens is 180 g/mol. The summed E-state index contributed by atoms with van der Waals surface area (Å²) in [5, 5.41) is 19.0. The highest BCUT2D eigenvalue weighted by atomic mass is 16.3. The standard InChI is InChI=1S/C6H8N2O5/c9-1-3-4(11)7-6(13)8(2-10)5(3)12/h3,9-10H,1-2H2,(H,7,11,13). The highest BCUT2D eigenvalue weighted by Crippen LogP contribution is 2.08. The van der Waals surface area contributed by atoms with E-state index in [0.29, 0.717) is 4.90 Å². The normalized spacial score (nSPS) is 23.4. The summed E-state index contributed by atoms with van der Waals surface area (Å²) in [6.07, 6.45) is 0. The number of nitrogens with zero attached hydrogens (tertiary/aromatic N) is 1. The number of rotatable bonds is 2. The Morgan fingerprint density at radius 2 is 1.92 bits per heavy atom. The van der Waals surface area contributed by atoms with Crippen molar-refractivity contribution in [2.24, 2.45) is 5.92 Å². The van der Waals surface area contributed by atoms with Gasteiger partial charge in [-0.05, 0) is 0 Å². The molecule has 1 saturated heterocycles. The molecule has 1 heterocycles. The molecule has 0 radical (unpaired) electrons. The van der Waals surface area contributed by atoms with Crippen LogP contribution in [0.25, 0.3) is 0 Å². The molecule has 1 rings (SSSR count). The first-order valence-electron chi connectivity index (χ1n) is 3.49. The van der Waals surface area contributed by atoms with E-state index >= 15 is 0 Å². The molecule has 1 atom stereocenters. The van der Waals surface area contributed by atoms with Crippen molar-refractivity contribution in [2.45, 2.75) is 0 Å². The Balaban J connectivity index is 2.87. The Bertz CT molecular complexity index is 240. The second kappa shape index (κ2) is 3.50. The van der Waals surface area contributed by atoms with Gasteiger partial charge >= 0.3 is 6.03 Å². The molecule has 0 bridgehead atoms. The van der Waals surface area contributed by atoms with Crippen LogP contribution in [-0.2, 0) is 9.59 Å². The Morgan fingerprint density at radius 1 is 1.31 bits per heavy atom. The number of hydrogen-bond donors (Lipinski definition) is 3. The first-order valence-corrected chi connectivity index (χ1v) is 3.49. The van der Waals surface area contributed by atoms with Gasteiger partial charge in [-0.2, -0.15) is 0 Å². The molecule has 1 aliphatic heterocycles. The average molecular weight is 188 g/mol. The van der Waals surface area contributed by atoms with Crippen LogP contribution in [-0.4, -0.2) is 46.3 Å². The molecule has 4 amide bonds. The summed E-state index contributed by atoms with van der Waals surface area (Å²) in [6.45, 7) is -1.50. The van der Waals surface area contributed by atoms with E-state index in [1.807, 2.05) is 5.32 Å². The third-order valence-corrected chi connectivity index (χ3v) is 1.68. The average Bonchev–Trinajstić information content (AvgIpc) is 2.04. The number of hydrogen-bond acceptors (Lipinski definition) is 5. The molecule has 1 unspecified atom stereocenters. The fraction of sp³-hybridized carbons (Fsp3) is 0.500. The van der Waals surface area contributed by atoms with Crippen LogP contribution >= 0.6 is 0 Å². The van der Waals surface area contributed by atoms with Gasteiger partial charge in [0.1, 0.15) is 12.6 Å². The van der Waals surface area contributed by atoms with Gasteiger partial charge in [-0.15, -0.1) is 0 Å². The number of urea groups is 1. The predicted octanol–water partition coefficient (Wildman–Crippen LogP) is -2.38. The molecule has 1 fully saturated rings. The van der Waals surface area contributed by atoms with E-state index < -0.39 is 37.1 Å². The fourth-order valence-electron chi connectivity index (χ4n) is 0.955. The van der Waals surface area contributed by atoms with Crippen molar-refractivity contribution in [3.8, 4) is 0 Å². The van der Waals surface area contributed by atoms with E-state index in [9.17, 15) is 14.4 Å². The zero-order valence-electron chi connectivity index (χ0n) is 6.56. The number of aliphatic hydroxyl groups is 2. The zero-order chi connectivity index (χ0) is 10.0. The highest BCUT2D eigenvalue weighted by Gasteiger charge is 2.39. The summed E-state index contributed by atoms with van der Waals surface area (Å²) >= 11 is 0. The van der Waals surface area contributed by atoms with E-state index in [0.717, 1.165) is 0 Å². The van der Waals surface area contributed by atoms with Gasteiger partial charge < -0.3 is 10.2 Å². The summed E-state index contributed by atoms with van der Waals surface area (Å²) in [5.41, 5.74) is 0. The number of barbiturate groups is 1. The predicted molar refractivity (Wildman–Crippen MR) is 38.0 cm³/mol. The second-order valence-corrected chi connectivity index (χ2v) is 2.44. The van der Waals surface area contributed by atoms with Gasteiger partial charge in [0.2, 0.25) is 11.8 Å². The maximum Gasteiger partial charge on any atom is 0.332 e. The Labute approximate surface area is 72.9 Å². The third-order valence-electron chi connectivity index (χ3n) is 1.68. The van der Waals surface area contributed by atoms with Crippen molar-refractivity contribution in [1.82, 2.24) is 10.2 Å². The number of amides is 4. The van der Waals surface area contributed by atoms with Gasteiger partial charge in [-0.3, -0.25) is 14.9 Å². The molecule has 0 saturated carbocycles. The molecule has 0 aromatic heterocycles. The minimum atomic E-state index is -1.30. The molecule has 7 heteroatoms. The molecule has 72 valence electrons. The van der Waals surface area contributed by atoms with E-state index in [1.54, 1.807) is 0 Å². The highest BCUT2D eigenvalue weighted by molar-refractivity contribution is 6.16. The molecule has 0 spiro atoms. The lowest BCUT2D eigenvalue weighted by Gasteiger charge is -2.27. The molecule has 0 aliphatic carbocycles. The van der Waals surface area contributed by atoms with Crippen molar-refractivity contribution in [3.63, 3.8) is 0 Å². The van der Waals surface area contributed by atoms with Crippen molar-refractivity contribution >= 4 is 17.8 Å². The quantitative estimate of drug-likeness (QED) is 0.419. The minimum absolute atomic E-state index is 0.447. The van der Waals surface area contributed by atoms with Crippen LogP contribution in [0.5, 0.6) is 0 Å². The first-order chi connectivity index (χ1) is 6.11. The molecule has 3 N–H and O–H groups in total. The van der Waals surface area contributed by atoms with Gasteiger partial charge in [0.05, 0.1) is 6.61 Å². The van der Waals surface area contributed by atoms with Crippen molar-refractivity contribution in [2.75, 3.05) is 13.3 Å². The van der Waals surface area contributed by atoms with Crippen molar-refractivity contribution in [3.05, 3.63) is 0 Å². The summed E-state index contributed by atoms with van der Waals surface area (Å²) in [7, 11) is 0. The van der Waals surface area contributed by atoms with Crippen LogP contribution < -0.4 is 5.32 Å².